The van der Waals surface area contributed by atoms with Crippen LogP contribution in [0.5, 0.6) is 5.75 Å². The Hall–Kier alpha value is -4.48. The number of alkyl halides is 3. The number of hydrogen-bond acceptors (Lipinski definition) is 6. The van der Waals surface area contributed by atoms with Crippen LogP contribution in [-0.4, -0.2) is 58.6 Å². The lowest BCUT2D eigenvalue weighted by atomic mass is 9.93. The summed E-state index contributed by atoms with van der Waals surface area (Å²) in [5, 5.41) is 0. The molecule has 5 rings (SSSR count). The van der Waals surface area contributed by atoms with Crippen molar-refractivity contribution in [2.45, 2.75) is 44.1 Å². The van der Waals surface area contributed by atoms with Crippen LogP contribution in [0.25, 0.3) is 11.1 Å². The molecule has 2 aliphatic rings. The lowest BCUT2D eigenvalue weighted by molar-refractivity contribution is -0.187. The lowest BCUT2D eigenvalue weighted by Crippen LogP contribution is -2.51. The number of hydrogen-bond donors (Lipinski definition) is 0. The van der Waals surface area contributed by atoms with Crippen LogP contribution in [-0.2, 0) is 32.9 Å². The predicted octanol–water partition coefficient (Wildman–Crippen LogP) is 5.00. The number of aryl methyl sites for hydroxylation is 1. The number of rotatable bonds is 7. The summed E-state index contributed by atoms with van der Waals surface area (Å²) in [6, 6.07) is 9.47. The number of ether oxygens (including phenoxy) is 2. The third kappa shape index (κ3) is 5.21. The Morgan fingerprint density at radius 1 is 1.12 bits per heavy atom. The van der Waals surface area contributed by atoms with Crippen LogP contribution < -0.4 is 4.74 Å². The van der Waals surface area contributed by atoms with Crippen LogP contribution in [0.1, 0.15) is 30.0 Å². The van der Waals surface area contributed by atoms with Gasteiger partial charge >= 0.3 is 12.3 Å². The van der Waals surface area contributed by atoms with Gasteiger partial charge in [0.25, 0.3) is 5.91 Å². The van der Waals surface area contributed by atoms with Crippen molar-refractivity contribution in [1.82, 2.24) is 14.8 Å². The smallest absolute Gasteiger partial charge is 0.418 e. The minimum absolute atomic E-state index is 0.121. The van der Waals surface area contributed by atoms with E-state index in [2.05, 4.69) is 4.98 Å². The van der Waals surface area contributed by atoms with Gasteiger partial charge in [-0.3, -0.25) is 14.6 Å². The molecule has 2 atom stereocenters. The molecule has 0 unspecified atom stereocenters. The van der Waals surface area contributed by atoms with E-state index >= 15 is 0 Å². The average Bonchev–Trinajstić information content (AvgIpc) is 3.43. The number of carbonyl (C=O) groups excluding carboxylic acids is 3. The van der Waals surface area contributed by atoms with Crippen molar-refractivity contribution in [1.29, 1.82) is 0 Å². The number of halogens is 4. The topological polar surface area (TPSA) is 89.0 Å². The van der Waals surface area contributed by atoms with Gasteiger partial charge in [-0.1, -0.05) is 30.3 Å². The van der Waals surface area contributed by atoms with Crippen molar-refractivity contribution in [2.75, 3.05) is 13.7 Å². The number of aromatic nitrogens is 1. The maximum Gasteiger partial charge on any atom is 0.418 e. The molecule has 3 amide bonds. The number of pyridine rings is 1. The van der Waals surface area contributed by atoms with E-state index in [1.165, 1.54) is 19.2 Å². The highest BCUT2D eigenvalue weighted by molar-refractivity contribution is 6.06. The molecule has 1 aromatic heterocycles. The molecule has 1 fully saturated rings. The summed E-state index contributed by atoms with van der Waals surface area (Å²) in [7, 11) is 1.52. The van der Waals surface area contributed by atoms with E-state index < -0.39 is 54.6 Å². The second kappa shape index (κ2) is 10.5. The summed E-state index contributed by atoms with van der Waals surface area (Å²) in [5.74, 6) is -1.95. The fraction of sp³-hybridized carbons (Fsp3) is 0.310. The maximum absolute atomic E-state index is 13.7. The Labute approximate surface area is 232 Å². The number of amides is 3. The summed E-state index contributed by atoms with van der Waals surface area (Å²) in [6.07, 6.45) is -2.16. The normalized spacial score (nSPS) is 18.8. The third-order valence-electron chi connectivity index (χ3n) is 7.46. The number of nitrogens with zero attached hydrogens (tertiary/aromatic N) is 3. The summed E-state index contributed by atoms with van der Waals surface area (Å²) in [5.41, 5.74) is 1.36. The molecule has 1 saturated heterocycles. The van der Waals surface area contributed by atoms with E-state index in [9.17, 15) is 31.9 Å². The Morgan fingerprint density at radius 3 is 2.54 bits per heavy atom. The zero-order valence-corrected chi connectivity index (χ0v) is 22.1. The Morgan fingerprint density at radius 2 is 1.85 bits per heavy atom. The number of imide groups is 1. The van der Waals surface area contributed by atoms with Gasteiger partial charge in [-0.15, -0.1) is 0 Å². The van der Waals surface area contributed by atoms with Crippen LogP contribution in [0.3, 0.4) is 0 Å². The van der Waals surface area contributed by atoms with E-state index in [1.54, 1.807) is 30.6 Å². The number of benzene rings is 2. The Bertz CT molecular complexity index is 1510. The lowest BCUT2D eigenvalue weighted by Gasteiger charge is -2.31. The monoisotopic (exact) mass is 571 g/mol. The molecule has 12 heteroatoms. The minimum Gasteiger partial charge on any atom is -0.495 e. The Balaban J connectivity index is 1.39. The van der Waals surface area contributed by atoms with Gasteiger partial charge < -0.3 is 14.4 Å². The van der Waals surface area contributed by atoms with Gasteiger partial charge in [0.15, 0.2) is 0 Å². The van der Waals surface area contributed by atoms with E-state index in [-0.39, 0.29) is 12.0 Å². The number of fused-ring (bicyclic) bond motifs is 2. The molecule has 1 aliphatic heterocycles. The van der Waals surface area contributed by atoms with Crippen LogP contribution in [0.2, 0.25) is 0 Å². The second-order valence-electron chi connectivity index (χ2n) is 9.94. The van der Waals surface area contributed by atoms with Crippen LogP contribution >= 0.6 is 0 Å². The van der Waals surface area contributed by atoms with Crippen LogP contribution in [0.15, 0.2) is 60.9 Å². The first-order valence-electron chi connectivity index (χ1n) is 12.7. The first kappa shape index (κ1) is 28.1. The molecule has 2 heterocycles. The highest BCUT2D eigenvalue weighted by Gasteiger charge is 2.58. The summed E-state index contributed by atoms with van der Waals surface area (Å²) in [6.45, 7) is -0.646. The second-order valence-corrected chi connectivity index (χ2v) is 9.94. The highest BCUT2D eigenvalue weighted by atomic mass is 19.4. The predicted molar refractivity (Wildman–Crippen MR) is 137 cm³/mol. The van der Waals surface area contributed by atoms with E-state index in [0.717, 1.165) is 35.7 Å². The molecule has 1 aliphatic carbocycles. The van der Waals surface area contributed by atoms with Gasteiger partial charge in [0.05, 0.1) is 13.3 Å². The third-order valence-corrected chi connectivity index (χ3v) is 7.46. The van der Waals surface area contributed by atoms with Crippen molar-refractivity contribution >= 4 is 17.9 Å². The highest BCUT2D eigenvalue weighted by Crippen LogP contribution is 2.46. The summed E-state index contributed by atoms with van der Waals surface area (Å²) in [4.78, 5) is 44.8. The number of methoxy groups -OCH3 is 1. The molecule has 1 spiro atoms. The van der Waals surface area contributed by atoms with Crippen molar-refractivity contribution in [3.8, 4) is 16.9 Å². The van der Waals surface area contributed by atoms with Gasteiger partial charge in [0.2, 0.25) is 11.5 Å². The molecule has 3 aromatic rings. The SMILES string of the molecule is COc1cncc(-c2ccc3c(c2)CC[C@@]32OC(=O)N(CC(=O)N(Cc3ccc(F)cc3)[C@@H](C)C(F)(F)F)C2=O)c1. The largest absolute Gasteiger partial charge is 0.495 e. The summed E-state index contributed by atoms with van der Waals surface area (Å²) >= 11 is 0. The van der Waals surface area contributed by atoms with Crippen molar-refractivity contribution < 1.29 is 41.4 Å². The molecule has 214 valence electrons. The quantitative estimate of drug-likeness (QED) is 0.371. The molecular weight excluding hydrogens is 546 g/mol. The molecule has 2 aromatic carbocycles. The first-order valence-corrected chi connectivity index (χ1v) is 12.7. The van der Waals surface area contributed by atoms with Crippen molar-refractivity contribution in [2.24, 2.45) is 0 Å². The average molecular weight is 572 g/mol. The molecule has 8 nitrogen and oxygen atoms in total. The van der Waals surface area contributed by atoms with Gasteiger partial charge in [0, 0.05) is 30.3 Å². The van der Waals surface area contributed by atoms with E-state index in [0.29, 0.717) is 27.5 Å². The molecule has 0 saturated carbocycles. The molecular formula is C29H25F4N3O5. The minimum atomic E-state index is -4.78. The summed E-state index contributed by atoms with van der Waals surface area (Å²) < 4.78 is 65.1. The van der Waals surface area contributed by atoms with Crippen molar-refractivity contribution in [3.63, 3.8) is 0 Å². The fourth-order valence-electron chi connectivity index (χ4n) is 5.15. The zero-order chi connectivity index (χ0) is 29.5. The molecule has 0 bridgehead atoms. The molecule has 41 heavy (non-hydrogen) atoms. The zero-order valence-electron chi connectivity index (χ0n) is 22.1. The van der Waals surface area contributed by atoms with Gasteiger partial charge in [-0.05, 0) is 48.2 Å². The first-order chi connectivity index (χ1) is 19.4. The molecule has 0 N–H and O–H groups in total. The standard InChI is InChI=1S/C29H25F4N3O5/c1-17(29(31,32)33)35(15-18-3-6-22(30)7-4-18)25(37)16-36-26(38)28(41-27(36)39)10-9-20-11-19(5-8-24(20)28)21-12-23(40-2)14-34-13-21/h3-8,11-14,17H,9-10,15-16H2,1-2H3/t17-,28+/m0/s1. The maximum atomic E-state index is 13.7. The van der Waals surface area contributed by atoms with Gasteiger partial charge in [0.1, 0.15) is 24.2 Å². The van der Waals surface area contributed by atoms with Crippen LogP contribution in [0, 0.1) is 5.82 Å². The van der Waals surface area contributed by atoms with Gasteiger partial charge in [-0.25, -0.2) is 14.1 Å². The van der Waals surface area contributed by atoms with Crippen molar-refractivity contribution in [3.05, 3.63) is 83.4 Å². The molecule has 0 radical (unpaired) electrons. The van der Waals surface area contributed by atoms with Crippen LogP contribution in [0.4, 0.5) is 22.4 Å². The number of carbonyl (C=O) groups is 3. The van der Waals surface area contributed by atoms with E-state index in [1.807, 2.05) is 6.07 Å². The van der Waals surface area contributed by atoms with Gasteiger partial charge in [-0.2, -0.15) is 13.2 Å². The fourth-order valence-corrected chi connectivity index (χ4v) is 5.15. The Kier molecular flexibility index (Phi) is 7.18. The van der Waals surface area contributed by atoms with E-state index in [4.69, 9.17) is 9.47 Å².